The topological polar surface area (TPSA) is 64.6 Å². The van der Waals surface area contributed by atoms with Gasteiger partial charge in [0.15, 0.2) is 6.61 Å². The van der Waals surface area contributed by atoms with Crippen molar-refractivity contribution < 1.29 is 19.1 Å². The van der Waals surface area contributed by atoms with Crippen LogP contribution in [0.3, 0.4) is 0 Å². The number of anilines is 1. The SMILES string of the molecule is CCOC(=O)c1c(-c2ccc(C)cc2)csc1NC(=O)COc1ccccc1CC. The molecule has 0 aliphatic carbocycles. The predicted molar refractivity (Wildman–Crippen MR) is 120 cm³/mol. The second-order valence-electron chi connectivity index (χ2n) is 6.74. The minimum absolute atomic E-state index is 0.142. The zero-order valence-corrected chi connectivity index (χ0v) is 18.2. The lowest BCUT2D eigenvalue weighted by Crippen LogP contribution is -2.21. The van der Waals surface area contributed by atoms with Gasteiger partial charge in [-0.25, -0.2) is 4.79 Å². The molecule has 0 radical (unpaired) electrons. The van der Waals surface area contributed by atoms with E-state index >= 15 is 0 Å². The van der Waals surface area contributed by atoms with Crippen molar-refractivity contribution in [3.05, 3.63) is 70.6 Å². The molecule has 1 aromatic heterocycles. The molecule has 0 fully saturated rings. The number of hydrogen-bond donors (Lipinski definition) is 1. The molecule has 3 aromatic rings. The van der Waals surface area contributed by atoms with E-state index in [1.807, 2.05) is 67.8 Å². The number of aryl methyl sites for hydroxylation is 2. The van der Waals surface area contributed by atoms with Gasteiger partial charge in [-0.3, -0.25) is 4.79 Å². The number of benzene rings is 2. The standard InChI is InChI=1S/C24H25NO4S/c1-4-17-8-6-7-9-20(17)29-14-21(26)25-23-22(24(27)28-5-2)19(15-30-23)18-12-10-16(3)11-13-18/h6-13,15H,4-5,14H2,1-3H3,(H,25,26). The maximum atomic E-state index is 12.6. The zero-order chi connectivity index (χ0) is 21.5. The van der Waals surface area contributed by atoms with Crippen LogP contribution in [0.1, 0.15) is 35.3 Å². The maximum Gasteiger partial charge on any atom is 0.341 e. The van der Waals surface area contributed by atoms with Crippen molar-refractivity contribution in [2.45, 2.75) is 27.2 Å². The number of ether oxygens (including phenoxy) is 2. The van der Waals surface area contributed by atoms with E-state index in [2.05, 4.69) is 5.32 Å². The second-order valence-corrected chi connectivity index (χ2v) is 7.62. The molecule has 156 valence electrons. The average molecular weight is 424 g/mol. The van der Waals surface area contributed by atoms with E-state index in [4.69, 9.17) is 9.47 Å². The highest BCUT2D eigenvalue weighted by Gasteiger charge is 2.23. The lowest BCUT2D eigenvalue weighted by molar-refractivity contribution is -0.118. The van der Waals surface area contributed by atoms with Crippen LogP contribution in [0.2, 0.25) is 0 Å². The van der Waals surface area contributed by atoms with Crippen LogP contribution in [0.5, 0.6) is 5.75 Å². The monoisotopic (exact) mass is 423 g/mol. The molecular formula is C24H25NO4S. The number of esters is 1. The highest BCUT2D eigenvalue weighted by Crippen LogP contribution is 2.36. The minimum atomic E-state index is -0.457. The number of rotatable bonds is 8. The van der Waals surface area contributed by atoms with Crippen LogP contribution in [0.4, 0.5) is 5.00 Å². The molecule has 1 amide bonds. The molecule has 30 heavy (non-hydrogen) atoms. The van der Waals surface area contributed by atoms with Gasteiger partial charge in [0.1, 0.15) is 16.3 Å². The van der Waals surface area contributed by atoms with Gasteiger partial charge in [-0.05, 0) is 37.5 Å². The molecular weight excluding hydrogens is 398 g/mol. The van der Waals surface area contributed by atoms with Crippen LogP contribution >= 0.6 is 11.3 Å². The average Bonchev–Trinajstić information content (AvgIpc) is 3.16. The van der Waals surface area contributed by atoms with Crippen molar-refractivity contribution in [3.63, 3.8) is 0 Å². The van der Waals surface area contributed by atoms with Crippen LogP contribution in [0.15, 0.2) is 53.9 Å². The number of amides is 1. The number of para-hydroxylation sites is 1. The van der Waals surface area contributed by atoms with Crippen LogP contribution < -0.4 is 10.1 Å². The first kappa shape index (κ1) is 21.6. The Morgan fingerprint density at radius 3 is 2.47 bits per heavy atom. The third-order valence-corrected chi connectivity index (χ3v) is 5.49. The van der Waals surface area contributed by atoms with Crippen molar-refractivity contribution in [1.29, 1.82) is 0 Å². The Kier molecular flexibility index (Phi) is 7.25. The van der Waals surface area contributed by atoms with Crippen LogP contribution in [0, 0.1) is 6.92 Å². The Balaban J connectivity index is 1.80. The van der Waals surface area contributed by atoms with Crippen molar-refractivity contribution in [3.8, 4) is 16.9 Å². The van der Waals surface area contributed by atoms with Crippen molar-refractivity contribution >= 4 is 28.2 Å². The summed E-state index contributed by atoms with van der Waals surface area (Å²) in [5, 5.41) is 5.13. The molecule has 5 nitrogen and oxygen atoms in total. The van der Waals surface area contributed by atoms with E-state index in [1.165, 1.54) is 11.3 Å². The summed E-state index contributed by atoms with van der Waals surface area (Å²) in [6.45, 7) is 5.91. The summed E-state index contributed by atoms with van der Waals surface area (Å²) in [7, 11) is 0. The van der Waals surface area contributed by atoms with Gasteiger partial charge in [0.05, 0.1) is 6.61 Å². The van der Waals surface area contributed by atoms with E-state index in [1.54, 1.807) is 6.92 Å². The smallest absolute Gasteiger partial charge is 0.341 e. The third-order valence-electron chi connectivity index (χ3n) is 4.60. The first-order valence-corrected chi connectivity index (χ1v) is 10.8. The fourth-order valence-corrected chi connectivity index (χ4v) is 4.02. The quantitative estimate of drug-likeness (QED) is 0.487. The number of carbonyl (C=O) groups is 2. The molecule has 0 saturated carbocycles. The molecule has 1 heterocycles. The first-order chi connectivity index (χ1) is 14.5. The Morgan fingerprint density at radius 2 is 1.77 bits per heavy atom. The molecule has 2 aromatic carbocycles. The van der Waals surface area contributed by atoms with Gasteiger partial charge < -0.3 is 14.8 Å². The van der Waals surface area contributed by atoms with Gasteiger partial charge in [-0.2, -0.15) is 0 Å². The Bertz CT molecular complexity index is 1020. The molecule has 0 saturated heterocycles. The van der Waals surface area contributed by atoms with Gasteiger partial charge in [0.25, 0.3) is 5.91 Å². The maximum absolute atomic E-state index is 12.6. The number of carbonyl (C=O) groups excluding carboxylic acids is 2. The summed E-state index contributed by atoms with van der Waals surface area (Å²) in [5.74, 6) is -0.0991. The fraction of sp³-hybridized carbons (Fsp3) is 0.250. The third kappa shape index (κ3) is 5.07. The molecule has 0 aliphatic rings. The van der Waals surface area contributed by atoms with E-state index in [-0.39, 0.29) is 19.1 Å². The van der Waals surface area contributed by atoms with Gasteiger partial charge in [-0.1, -0.05) is 55.0 Å². The van der Waals surface area contributed by atoms with E-state index in [0.29, 0.717) is 16.3 Å². The van der Waals surface area contributed by atoms with E-state index in [9.17, 15) is 9.59 Å². The molecule has 3 rings (SSSR count). The molecule has 0 atom stereocenters. The van der Waals surface area contributed by atoms with Gasteiger partial charge in [0, 0.05) is 10.9 Å². The molecule has 6 heteroatoms. The molecule has 1 N–H and O–H groups in total. The van der Waals surface area contributed by atoms with Gasteiger partial charge in [0.2, 0.25) is 0 Å². The van der Waals surface area contributed by atoms with Crippen molar-refractivity contribution in [1.82, 2.24) is 0 Å². The summed E-state index contributed by atoms with van der Waals surface area (Å²) >= 11 is 1.30. The van der Waals surface area contributed by atoms with Gasteiger partial charge >= 0.3 is 5.97 Å². The number of hydrogen-bond acceptors (Lipinski definition) is 5. The Hall–Kier alpha value is -3.12. The largest absolute Gasteiger partial charge is 0.483 e. The highest BCUT2D eigenvalue weighted by atomic mass is 32.1. The van der Waals surface area contributed by atoms with Crippen LogP contribution in [-0.4, -0.2) is 25.1 Å². The number of nitrogens with one attached hydrogen (secondary N) is 1. The number of thiophene rings is 1. The zero-order valence-electron chi connectivity index (χ0n) is 17.4. The van der Waals surface area contributed by atoms with Crippen molar-refractivity contribution in [2.75, 3.05) is 18.5 Å². The summed E-state index contributed by atoms with van der Waals surface area (Å²) in [4.78, 5) is 25.2. The van der Waals surface area contributed by atoms with Crippen molar-refractivity contribution in [2.24, 2.45) is 0 Å². The fourth-order valence-electron chi connectivity index (χ4n) is 3.04. The minimum Gasteiger partial charge on any atom is -0.483 e. The lowest BCUT2D eigenvalue weighted by Gasteiger charge is -2.11. The first-order valence-electron chi connectivity index (χ1n) is 9.89. The summed E-state index contributed by atoms with van der Waals surface area (Å²) in [5.41, 5.74) is 4.17. The highest BCUT2D eigenvalue weighted by molar-refractivity contribution is 7.15. The molecule has 0 spiro atoms. The molecule has 0 bridgehead atoms. The summed E-state index contributed by atoms with van der Waals surface area (Å²) in [6.07, 6.45) is 0.815. The van der Waals surface area contributed by atoms with Crippen LogP contribution in [0.25, 0.3) is 11.1 Å². The normalized spacial score (nSPS) is 10.5. The lowest BCUT2D eigenvalue weighted by atomic mass is 10.0. The Morgan fingerprint density at radius 1 is 1.03 bits per heavy atom. The van der Waals surface area contributed by atoms with Crippen LogP contribution in [-0.2, 0) is 16.0 Å². The summed E-state index contributed by atoms with van der Waals surface area (Å²) < 4.78 is 10.9. The Labute approximate surface area is 180 Å². The summed E-state index contributed by atoms with van der Waals surface area (Å²) in [6, 6.07) is 15.5. The molecule has 0 unspecified atom stereocenters. The van der Waals surface area contributed by atoms with E-state index < -0.39 is 5.97 Å². The predicted octanol–water partition coefficient (Wildman–Crippen LogP) is 5.48. The second kappa shape index (κ2) is 10.1. The van der Waals surface area contributed by atoms with Gasteiger partial charge in [-0.15, -0.1) is 11.3 Å². The molecule has 0 aliphatic heterocycles. The van der Waals surface area contributed by atoms with E-state index in [0.717, 1.165) is 28.7 Å².